The van der Waals surface area contributed by atoms with Crippen LogP contribution in [-0.4, -0.2) is 35.3 Å². The minimum Gasteiger partial charge on any atom is -0.305 e. The van der Waals surface area contributed by atoms with Crippen molar-refractivity contribution in [2.75, 3.05) is 19.1 Å². The van der Waals surface area contributed by atoms with E-state index in [2.05, 4.69) is 21.6 Å². The van der Waals surface area contributed by atoms with Crippen molar-refractivity contribution in [3.05, 3.63) is 0 Å². The smallest absolute Gasteiger partial charge is 0.175 e. The van der Waals surface area contributed by atoms with E-state index in [0.717, 1.165) is 20.9 Å². The van der Waals surface area contributed by atoms with Crippen molar-refractivity contribution >= 4 is 34.9 Å². The number of rotatable bonds is 6. The van der Waals surface area contributed by atoms with Crippen molar-refractivity contribution in [2.24, 2.45) is 0 Å². The van der Waals surface area contributed by atoms with E-state index in [1.807, 2.05) is 6.26 Å². The third-order valence-electron chi connectivity index (χ3n) is 1.70. The van der Waals surface area contributed by atoms with Crippen LogP contribution in [0.1, 0.15) is 6.42 Å². The fourth-order valence-electron chi connectivity index (χ4n) is 0.876. The summed E-state index contributed by atoms with van der Waals surface area (Å²) in [5.74, 6) is 0.891. The summed E-state index contributed by atoms with van der Waals surface area (Å²) in [5, 5.41) is 19.7. The summed E-state index contributed by atoms with van der Waals surface area (Å²) in [6.45, 7) is 0. The molecule has 0 aliphatic carbocycles. The molecular weight excluding hydrogens is 248 g/mol. The maximum absolute atomic E-state index is 8.71. The van der Waals surface area contributed by atoms with Gasteiger partial charge in [0.1, 0.15) is 0 Å². The van der Waals surface area contributed by atoms with Gasteiger partial charge in [-0.3, -0.25) is 0 Å². The summed E-state index contributed by atoms with van der Waals surface area (Å²) in [6.07, 6.45) is 2.81. The van der Waals surface area contributed by atoms with Gasteiger partial charge >= 0.3 is 0 Å². The Hall–Kier alpha value is -0.290. The van der Waals surface area contributed by atoms with Crippen LogP contribution in [0.15, 0.2) is 8.68 Å². The molecule has 4 nitrogen and oxygen atoms in total. The Bertz CT molecular complexity index is 333. The molecule has 0 saturated heterocycles. The Kier molecular flexibility index (Phi) is 6.02. The van der Waals surface area contributed by atoms with Gasteiger partial charge in [-0.2, -0.15) is 5.26 Å². The molecule has 0 fully saturated rings. The predicted molar refractivity (Wildman–Crippen MR) is 65.5 cm³/mol. The topological polar surface area (TPSA) is 61.6 Å². The van der Waals surface area contributed by atoms with Gasteiger partial charge in [-0.05, 0) is 19.7 Å². The summed E-state index contributed by atoms with van der Waals surface area (Å²) in [7, 11) is 1.80. The molecule has 0 aliphatic heterocycles. The molecule has 1 N–H and O–H groups in total. The van der Waals surface area contributed by atoms with Crippen molar-refractivity contribution in [1.82, 2.24) is 15.5 Å². The van der Waals surface area contributed by atoms with Gasteiger partial charge in [-0.25, -0.2) is 0 Å². The minimum atomic E-state index is -0.0644. The van der Waals surface area contributed by atoms with Gasteiger partial charge < -0.3 is 5.32 Å². The zero-order chi connectivity index (χ0) is 11.1. The number of nitrogens with one attached hydrogen (secondary N) is 1. The Labute approximate surface area is 102 Å². The van der Waals surface area contributed by atoms with Crippen LogP contribution in [0, 0.1) is 11.3 Å². The first-order valence-corrected chi connectivity index (χ1v) is 7.40. The van der Waals surface area contributed by atoms with Crippen LogP contribution in [0.4, 0.5) is 0 Å². The normalized spacial score (nSPS) is 12.3. The van der Waals surface area contributed by atoms with Crippen molar-refractivity contribution < 1.29 is 0 Å². The molecule has 0 saturated carbocycles. The van der Waals surface area contributed by atoms with Gasteiger partial charge in [0, 0.05) is 5.75 Å². The lowest BCUT2D eigenvalue weighted by Gasteiger charge is -2.04. The fraction of sp³-hybridized carbons (Fsp3) is 0.625. The first kappa shape index (κ1) is 12.8. The van der Waals surface area contributed by atoms with E-state index < -0.39 is 0 Å². The van der Waals surface area contributed by atoms with E-state index in [0.29, 0.717) is 0 Å². The van der Waals surface area contributed by atoms with Crippen LogP contribution in [0.3, 0.4) is 0 Å². The highest BCUT2D eigenvalue weighted by Crippen LogP contribution is 2.27. The molecule has 1 heterocycles. The van der Waals surface area contributed by atoms with Gasteiger partial charge in [0.05, 0.1) is 12.1 Å². The molecule has 0 radical (unpaired) electrons. The largest absolute Gasteiger partial charge is 0.305 e. The number of hydrogen-bond donors (Lipinski definition) is 1. The summed E-state index contributed by atoms with van der Waals surface area (Å²) in [5.41, 5.74) is 0. The number of aromatic nitrogens is 2. The zero-order valence-corrected chi connectivity index (χ0v) is 11.0. The second kappa shape index (κ2) is 7.06. The Morgan fingerprint density at radius 2 is 2.27 bits per heavy atom. The van der Waals surface area contributed by atoms with E-state index in [4.69, 9.17) is 5.26 Å². The highest BCUT2D eigenvalue weighted by molar-refractivity contribution is 8.02. The van der Waals surface area contributed by atoms with Crippen LogP contribution in [-0.2, 0) is 0 Å². The quantitative estimate of drug-likeness (QED) is 0.788. The summed E-state index contributed by atoms with van der Waals surface area (Å²) >= 11 is 4.86. The van der Waals surface area contributed by atoms with Crippen LogP contribution >= 0.6 is 34.9 Å². The number of nitriles is 1. The van der Waals surface area contributed by atoms with Gasteiger partial charge in [0.15, 0.2) is 8.68 Å². The Morgan fingerprint density at radius 3 is 2.80 bits per heavy atom. The highest BCUT2D eigenvalue weighted by Gasteiger charge is 2.06. The van der Waals surface area contributed by atoms with Gasteiger partial charge in [0.25, 0.3) is 0 Å². The van der Waals surface area contributed by atoms with E-state index in [1.165, 1.54) is 0 Å². The lowest BCUT2D eigenvalue weighted by Crippen LogP contribution is -2.23. The molecule has 1 unspecified atom stereocenters. The first-order valence-electron chi connectivity index (χ1n) is 4.37. The van der Waals surface area contributed by atoms with Crippen LogP contribution in [0.2, 0.25) is 0 Å². The third kappa shape index (κ3) is 4.38. The minimum absolute atomic E-state index is 0.0644. The maximum Gasteiger partial charge on any atom is 0.175 e. The van der Waals surface area contributed by atoms with Crippen molar-refractivity contribution in [2.45, 2.75) is 21.1 Å². The average molecular weight is 260 g/mol. The summed E-state index contributed by atoms with van der Waals surface area (Å²) in [6, 6.07) is 2.13. The molecule has 0 bridgehead atoms. The standard InChI is InChI=1S/C8H12N4S3/c1-10-6(5-9)3-4-14-8-12-11-7(13-2)15-8/h6,10H,3-4H2,1-2H3. The van der Waals surface area contributed by atoms with Crippen molar-refractivity contribution in [3.63, 3.8) is 0 Å². The predicted octanol–water partition coefficient (Wildman–Crippen LogP) is 1.85. The molecule has 1 aromatic heterocycles. The summed E-state index contributed by atoms with van der Waals surface area (Å²) in [4.78, 5) is 0. The first-order chi connectivity index (χ1) is 7.30. The SMILES string of the molecule is CNC(C#N)CCSc1nnc(SC)s1. The van der Waals surface area contributed by atoms with Gasteiger partial charge in [-0.15, -0.1) is 10.2 Å². The lowest BCUT2D eigenvalue weighted by atomic mass is 10.3. The van der Waals surface area contributed by atoms with Crippen LogP contribution in [0.5, 0.6) is 0 Å². The molecule has 15 heavy (non-hydrogen) atoms. The fourth-order valence-corrected chi connectivity index (χ4v) is 3.39. The van der Waals surface area contributed by atoms with E-state index >= 15 is 0 Å². The lowest BCUT2D eigenvalue weighted by molar-refractivity contribution is 0.663. The zero-order valence-electron chi connectivity index (χ0n) is 8.56. The molecule has 1 rings (SSSR count). The number of thioether (sulfide) groups is 2. The third-order valence-corrected chi connectivity index (χ3v) is 4.76. The van der Waals surface area contributed by atoms with Crippen LogP contribution in [0.25, 0.3) is 0 Å². The molecular formula is C8H12N4S3. The van der Waals surface area contributed by atoms with Gasteiger partial charge in [-0.1, -0.05) is 34.9 Å². The monoisotopic (exact) mass is 260 g/mol. The molecule has 1 aromatic rings. The molecule has 0 spiro atoms. The molecule has 0 aliphatic rings. The van der Waals surface area contributed by atoms with Crippen molar-refractivity contribution in [1.29, 1.82) is 5.26 Å². The Balaban J connectivity index is 2.28. The Morgan fingerprint density at radius 1 is 1.53 bits per heavy atom. The van der Waals surface area contributed by atoms with Gasteiger partial charge in [0.2, 0.25) is 0 Å². The van der Waals surface area contributed by atoms with E-state index in [-0.39, 0.29) is 6.04 Å². The van der Waals surface area contributed by atoms with E-state index in [1.54, 1.807) is 41.9 Å². The molecule has 1 atom stereocenters. The second-order valence-corrected chi connectivity index (χ2v) is 6.02. The molecule has 82 valence electrons. The highest BCUT2D eigenvalue weighted by atomic mass is 32.2. The molecule has 0 amide bonds. The van der Waals surface area contributed by atoms with Crippen molar-refractivity contribution in [3.8, 4) is 6.07 Å². The van der Waals surface area contributed by atoms with E-state index in [9.17, 15) is 0 Å². The summed E-state index contributed by atoms with van der Waals surface area (Å²) < 4.78 is 1.97. The average Bonchev–Trinajstić information content (AvgIpc) is 2.72. The second-order valence-electron chi connectivity index (χ2n) is 2.65. The number of hydrogen-bond acceptors (Lipinski definition) is 7. The maximum atomic E-state index is 8.71. The molecule has 0 aromatic carbocycles. The van der Waals surface area contributed by atoms with Crippen LogP contribution < -0.4 is 5.32 Å². The molecule has 7 heteroatoms. The number of nitrogens with zero attached hydrogens (tertiary/aromatic N) is 3.